The third-order valence-electron chi connectivity index (χ3n) is 3.73. The first-order valence-corrected chi connectivity index (χ1v) is 8.82. The number of ether oxygens (including phenoxy) is 1. The van der Waals surface area contributed by atoms with Crippen LogP contribution in [-0.2, 0) is 10.0 Å². The lowest BCUT2D eigenvalue weighted by molar-refractivity contribution is 0.0854. The van der Waals surface area contributed by atoms with Gasteiger partial charge in [0.15, 0.2) is 5.84 Å². The van der Waals surface area contributed by atoms with Crippen LogP contribution in [0.1, 0.15) is 39.2 Å². The summed E-state index contributed by atoms with van der Waals surface area (Å²) in [7, 11) is -3.75. The van der Waals surface area contributed by atoms with Gasteiger partial charge < -0.3 is 9.64 Å². The lowest BCUT2D eigenvalue weighted by atomic mass is 10.1. The summed E-state index contributed by atoms with van der Waals surface area (Å²) < 4.78 is 47.0. The molecular formula is C15H19FN2O3S. The molecular weight excluding hydrogens is 307 g/mol. The van der Waals surface area contributed by atoms with E-state index >= 15 is 0 Å². The van der Waals surface area contributed by atoms with Crippen molar-refractivity contribution in [3.05, 3.63) is 23.8 Å². The fraction of sp³-hybridized carbons (Fsp3) is 0.533. The van der Waals surface area contributed by atoms with Gasteiger partial charge in [-0.3, -0.25) is 0 Å². The normalized spacial score (nSPS) is 20.5. The maximum atomic E-state index is 13.3. The summed E-state index contributed by atoms with van der Waals surface area (Å²) in [6.07, 6.45) is 0.494. The first kappa shape index (κ1) is 15.3. The van der Waals surface area contributed by atoms with E-state index in [4.69, 9.17) is 4.74 Å². The molecule has 0 saturated heterocycles. The third kappa shape index (κ3) is 2.58. The second kappa shape index (κ2) is 5.22. The number of amidine groups is 1. The van der Waals surface area contributed by atoms with Crippen molar-refractivity contribution < 1.29 is 17.5 Å². The first-order valence-electron chi connectivity index (χ1n) is 7.38. The Morgan fingerprint density at radius 2 is 2.00 bits per heavy atom. The van der Waals surface area contributed by atoms with Crippen molar-refractivity contribution in [3.63, 3.8) is 0 Å². The smallest absolute Gasteiger partial charge is 0.285 e. The van der Waals surface area contributed by atoms with Crippen molar-refractivity contribution in [1.29, 1.82) is 0 Å². The molecule has 0 aromatic heterocycles. The molecule has 0 radical (unpaired) electrons. The average molecular weight is 326 g/mol. The first-order chi connectivity index (χ1) is 10.3. The standard InChI is InChI=1S/C15H19FN2O3S/c1-9(2)18(11-7-8-11)15-14-12(21-10(3)16)5-4-6-13(14)22(19,20)17-15/h4-6,9-11H,7-8H2,1-3H3. The molecule has 0 N–H and O–H groups in total. The zero-order valence-electron chi connectivity index (χ0n) is 12.8. The summed E-state index contributed by atoms with van der Waals surface area (Å²) in [6, 6.07) is 5.00. The molecule has 1 aliphatic carbocycles. The number of alkyl halides is 1. The van der Waals surface area contributed by atoms with Crippen molar-refractivity contribution in [2.24, 2.45) is 4.40 Å². The fourth-order valence-electron chi connectivity index (χ4n) is 2.80. The largest absolute Gasteiger partial charge is 0.460 e. The van der Waals surface area contributed by atoms with Crippen LogP contribution < -0.4 is 4.74 Å². The monoisotopic (exact) mass is 326 g/mol. The van der Waals surface area contributed by atoms with E-state index in [0.717, 1.165) is 12.8 Å². The van der Waals surface area contributed by atoms with Crippen LogP contribution in [-0.4, -0.2) is 37.6 Å². The summed E-state index contributed by atoms with van der Waals surface area (Å²) in [5.41, 5.74) is 0.382. The van der Waals surface area contributed by atoms with Crippen LogP contribution >= 0.6 is 0 Å². The lowest BCUT2D eigenvalue weighted by Crippen LogP contribution is -2.39. The number of benzene rings is 1. The Morgan fingerprint density at radius 1 is 1.32 bits per heavy atom. The zero-order valence-corrected chi connectivity index (χ0v) is 13.6. The van der Waals surface area contributed by atoms with E-state index < -0.39 is 16.4 Å². The van der Waals surface area contributed by atoms with Gasteiger partial charge in [-0.15, -0.1) is 4.40 Å². The third-order valence-corrected chi connectivity index (χ3v) is 5.04. The molecule has 0 bridgehead atoms. The lowest BCUT2D eigenvalue weighted by Gasteiger charge is -2.29. The molecule has 1 heterocycles. The van der Waals surface area contributed by atoms with Gasteiger partial charge in [0, 0.05) is 19.0 Å². The Hall–Kier alpha value is -1.63. The maximum absolute atomic E-state index is 13.3. The zero-order chi connectivity index (χ0) is 16.1. The summed E-state index contributed by atoms with van der Waals surface area (Å²) >= 11 is 0. The van der Waals surface area contributed by atoms with E-state index in [1.165, 1.54) is 13.0 Å². The second-order valence-electron chi connectivity index (χ2n) is 5.91. The predicted octanol–water partition coefficient (Wildman–Crippen LogP) is 2.70. The summed E-state index contributed by atoms with van der Waals surface area (Å²) in [6.45, 7) is 5.25. The van der Waals surface area contributed by atoms with Crippen LogP contribution in [0.3, 0.4) is 0 Å². The van der Waals surface area contributed by atoms with Crippen molar-refractivity contribution in [2.75, 3.05) is 0 Å². The Balaban J connectivity index is 2.15. The molecule has 3 rings (SSSR count). The highest BCUT2D eigenvalue weighted by Crippen LogP contribution is 2.39. The van der Waals surface area contributed by atoms with Crippen LogP contribution in [0.4, 0.5) is 4.39 Å². The van der Waals surface area contributed by atoms with Gasteiger partial charge in [-0.05, 0) is 38.8 Å². The summed E-state index contributed by atoms with van der Waals surface area (Å²) in [4.78, 5) is 2.09. The second-order valence-corrected chi connectivity index (χ2v) is 7.48. The minimum Gasteiger partial charge on any atom is -0.460 e. The molecule has 1 fully saturated rings. The van der Waals surface area contributed by atoms with E-state index in [2.05, 4.69) is 4.40 Å². The Morgan fingerprint density at radius 3 is 2.55 bits per heavy atom. The van der Waals surface area contributed by atoms with Crippen LogP contribution in [0.5, 0.6) is 5.75 Å². The van der Waals surface area contributed by atoms with Crippen LogP contribution in [0.25, 0.3) is 0 Å². The highest BCUT2D eigenvalue weighted by atomic mass is 32.2. The molecule has 1 saturated carbocycles. The molecule has 1 aromatic rings. The van der Waals surface area contributed by atoms with Gasteiger partial charge in [0.1, 0.15) is 10.6 Å². The van der Waals surface area contributed by atoms with E-state index in [-0.39, 0.29) is 22.7 Å². The van der Waals surface area contributed by atoms with Gasteiger partial charge in [0.05, 0.1) is 5.56 Å². The highest BCUT2D eigenvalue weighted by molar-refractivity contribution is 7.90. The number of halogens is 1. The van der Waals surface area contributed by atoms with Crippen LogP contribution in [0.2, 0.25) is 0 Å². The highest BCUT2D eigenvalue weighted by Gasteiger charge is 2.41. The average Bonchev–Trinajstić information content (AvgIpc) is 3.16. The number of hydrogen-bond acceptors (Lipinski definition) is 4. The van der Waals surface area contributed by atoms with Gasteiger partial charge in [-0.25, -0.2) is 4.39 Å². The van der Waals surface area contributed by atoms with E-state index in [0.29, 0.717) is 11.4 Å². The van der Waals surface area contributed by atoms with Crippen molar-refractivity contribution in [1.82, 2.24) is 4.90 Å². The summed E-state index contributed by atoms with van der Waals surface area (Å²) in [5.74, 6) is 0.599. The van der Waals surface area contributed by atoms with Crippen LogP contribution in [0.15, 0.2) is 27.5 Å². The number of nitrogens with zero attached hydrogens (tertiary/aromatic N) is 2. The Kier molecular flexibility index (Phi) is 3.63. The van der Waals surface area contributed by atoms with E-state index in [1.54, 1.807) is 12.1 Å². The number of hydrogen-bond donors (Lipinski definition) is 0. The van der Waals surface area contributed by atoms with Crippen LogP contribution in [0, 0.1) is 0 Å². The molecule has 1 atom stereocenters. The molecule has 2 aliphatic rings. The van der Waals surface area contributed by atoms with Crippen molar-refractivity contribution in [2.45, 2.75) is 56.9 Å². The number of rotatable bonds is 4. The SMILES string of the molecule is CC(F)Oc1cccc2c1C(N(C(C)C)C1CC1)=NS2(=O)=O. The number of fused-ring (bicyclic) bond motifs is 1. The minimum atomic E-state index is -3.75. The molecule has 1 aromatic carbocycles. The van der Waals surface area contributed by atoms with Gasteiger partial charge in [-0.2, -0.15) is 8.42 Å². The summed E-state index contributed by atoms with van der Waals surface area (Å²) in [5, 5.41) is 0. The van der Waals surface area contributed by atoms with Crippen molar-refractivity contribution >= 4 is 15.9 Å². The van der Waals surface area contributed by atoms with Gasteiger partial charge in [0.25, 0.3) is 10.0 Å². The molecule has 0 spiro atoms. The topological polar surface area (TPSA) is 59.0 Å². The molecule has 0 amide bonds. The molecule has 1 aliphatic heterocycles. The van der Waals surface area contributed by atoms with E-state index in [1.807, 2.05) is 18.7 Å². The van der Waals surface area contributed by atoms with Crippen molar-refractivity contribution in [3.8, 4) is 5.75 Å². The quantitative estimate of drug-likeness (QED) is 0.853. The molecule has 1 unspecified atom stereocenters. The molecule has 120 valence electrons. The molecule has 7 heteroatoms. The minimum absolute atomic E-state index is 0.0898. The molecule has 5 nitrogen and oxygen atoms in total. The fourth-order valence-corrected chi connectivity index (χ4v) is 4.01. The van der Waals surface area contributed by atoms with Gasteiger partial charge in [-0.1, -0.05) is 6.07 Å². The van der Waals surface area contributed by atoms with Gasteiger partial charge in [0.2, 0.25) is 6.36 Å². The Bertz CT molecular complexity index is 722. The predicted molar refractivity (Wildman–Crippen MR) is 81.4 cm³/mol. The molecule has 22 heavy (non-hydrogen) atoms. The number of sulfonamides is 1. The van der Waals surface area contributed by atoms with Gasteiger partial charge >= 0.3 is 0 Å². The maximum Gasteiger partial charge on any atom is 0.285 e. The Labute approximate surface area is 129 Å². The van der Waals surface area contributed by atoms with E-state index in [9.17, 15) is 12.8 Å².